The summed E-state index contributed by atoms with van der Waals surface area (Å²) in [5.41, 5.74) is 4.87. The van der Waals surface area contributed by atoms with E-state index in [4.69, 9.17) is 0 Å². The highest BCUT2D eigenvalue weighted by Gasteiger charge is 2.38. The second kappa shape index (κ2) is 10.9. The number of anilines is 1. The summed E-state index contributed by atoms with van der Waals surface area (Å²) >= 11 is 3.35. The quantitative estimate of drug-likeness (QED) is 0.238. The van der Waals surface area contributed by atoms with E-state index in [1.54, 1.807) is 23.5 Å². The van der Waals surface area contributed by atoms with Crippen LogP contribution in [0.5, 0.6) is 0 Å². The normalized spacial score (nSPS) is 16.9. The van der Waals surface area contributed by atoms with Crippen LogP contribution < -0.4 is 5.32 Å². The van der Waals surface area contributed by atoms with Crippen molar-refractivity contribution in [3.05, 3.63) is 70.0 Å². The predicted octanol–water partition coefficient (Wildman–Crippen LogP) is 5.26. The largest absolute Gasteiger partial charge is 0.337 e. The van der Waals surface area contributed by atoms with Crippen LogP contribution in [0.4, 0.5) is 5.82 Å². The van der Waals surface area contributed by atoms with Crippen molar-refractivity contribution >= 4 is 50.2 Å². The molecule has 4 aromatic rings. The number of hydrogen-bond donors (Lipinski definition) is 1. The number of carbonyl (C=O) groups is 3. The average Bonchev–Trinajstić information content (AvgIpc) is 3.48. The fourth-order valence-electron chi connectivity index (χ4n) is 5.41. The van der Waals surface area contributed by atoms with Crippen LogP contribution in [0.3, 0.4) is 0 Å². The molecule has 2 amide bonds. The number of hydrogen-bond acceptors (Lipinski definition) is 6. The van der Waals surface area contributed by atoms with Gasteiger partial charge in [0.15, 0.2) is 5.78 Å². The van der Waals surface area contributed by atoms with Crippen LogP contribution in [0.15, 0.2) is 47.5 Å². The summed E-state index contributed by atoms with van der Waals surface area (Å²) < 4.78 is 2.45. The van der Waals surface area contributed by atoms with E-state index in [9.17, 15) is 14.4 Å². The molecule has 5 rings (SSSR count). The molecular formula is C30H31BrN6O3. The van der Waals surface area contributed by atoms with Crippen molar-refractivity contribution in [1.82, 2.24) is 24.4 Å². The number of carbonyl (C=O) groups excluding carboxylic acids is 3. The van der Waals surface area contributed by atoms with Gasteiger partial charge in [0.05, 0.1) is 5.52 Å². The number of fused-ring (bicyclic) bond motifs is 1. The Bertz CT molecular complexity index is 1650. The molecule has 0 spiro atoms. The number of amides is 2. The van der Waals surface area contributed by atoms with Gasteiger partial charge in [-0.25, -0.2) is 15.0 Å². The van der Waals surface area contributed by atoms with Gasteiger partial charge in [0.2, 0.25) is 11.8 Å². The van der Waals surface area contributed by atoms with E-state index < -0.39 is 6.04 Å². The number of halogens is 1. The van der Waals surface area contributed by atoms with E-state index in [0.717, 1.165) is 33.2 Å². The SMILES string of the molecule is CC(=O)c1cn(CC(=O)N2C[C@@H](C)C[C@H]2C(=O)Nc2nc(Br)ccc2C)c2c(C)cc(-c3cnc(C)nc3)cc12. The van der Waals surface area contributed by atoms with Gasteiger partial charge in [0.25, 0.3) is 0 Å². The molecule has 0 unspecified atom stereocenters. The minimum atomic E-state index is -0.606. The van der Waals surface area contributed by atoms with Gasteiger partial charge in [-0.2, -0.15) is 0 Å². The third-order valence-electron chi connectivity index (χ3n) is 7.40. The van der Waals surface area contributed by atoms with Gasteiger partial charge in [-0.05, 0) is 90.9 Å². The van der Waals surface area contributed by atoms with Crippen molar-refractivity contribution < 1.29 is 14.4 Å². The molecule has 9 nitrogen and oxygen atoms in total. The fraction of sp³-hybridized carbons (Fsp3) is 0.333. The van der Waals surface area contributed by atoms with E-state index in [1.165, 1.54) is 6.92 Å². The number of rotatable bonds is 6. The monoisotopic (exact) mass is 602 g/mol. The zero-order chi connectivity index (χ0) is 28.7. The van der Waals surface area contributed by atoms with Gasteiger partial charge in [0.1, 0.15) is 28.8 Å². The molecule has 40 heavy (non-hydrogen) atoms. The Balaban J connectivity index is 1.45. The Morgan fingerprint density at radius 3 is 2.48 bits per heavy atom. The Morgan fingerprint density at radius 1 is 1.05 bits per heavy atom. The Labute approximate surface area is 241 Å². The number of nitrogens with zero attached hydrogens (tertiary/aromatic N) is 5. The van der Waals surface area contributed by atoms with Gasteiger partial charge in [-0.1, -0.05) is 13.0 Å². The first-order valence-corrected chi connectivity index (χ1v) is 14.0. The minimum absolute atomic E-state index is 0.0161. The summed E-state index contributed by atoms with van der Waals surface area (Å²) in [6.07, 6.45) is 5.84. The van der Waals surface area contributed by atoms with E-state index in [2.05, 4.69) is 36.2 Å². The van der Waals surface area contributed by atoms with Crippen LogP contribution in [0.2, 0.25) is 0 Å². The number of aromatic nitrogens is 4. The van der Waals surface area contributed by atoms with Gasteiger partial charge in [-0.15, -0.1) is 0 Å². The lowest BCUT2D eigenvalue weighted by Gasteiger charge is -2.24. The van der Waals surface area contributed by atoms with Crippen LogP contribution in [0.25, 0.3) is 22.0 Å². The Morgan fingerprint density at radius 2 is 1.77 bits per heavy atom. The van der Waals surface area contributed by atoms with E-state index in [1.807, 2.05) is 56.5 Å². The molecule has 1 N–H and O–H groups in total. The van der Waals surface area contributed by atoms with Gasteiger partial charge < -0.3 is 14.8 Å². The van der Waals surface area contributed by atoms with Crippen LogP contribution in [0.1, 0.15) is 47.6 Å². The second-order valence-electron chi connectivity index (χ2n) is 10.6. The summed E-state index contributed by atoms with van der Waals surface area (Å²) in [6, 6.07) is 7.05. The molecule has 1 aliphatic rings. The molecule has 0 radical (unpaired) electrons. The molecule has 1 aromatic carbocycles. The number of ketones is 1. The second-order valence-corrected chi connectivity index (χ2v) is 11.4. The lowest BCUT2D eigenvalue weighted by atomic mass is 10.0. The van der Waals surface area contributed by atoms with Crippen LogP contribution in [-0.4, -0.2) is 54.6 Å². The highest BCUT2D eigenvalue weighted by molar-refractivity contribution is 9.10. The molecule has 10 heteroatoms. The highest BCUT2D eigenvalue weighted by atomic mass is 79.9. The van der Waals surface area contributed by atoms with Crippen LogP contribution in [0, 0.1) is 26.7 Å². The molecule has 4 heterocycles. The average molecular weight is 604 g/mol. The van der Waals surface area contributed by atoms with E-state index >= 15 is 0 Å². The van der Waals surface area contributed by atoms with Gasteiger partial charge in [-0.3, -0.25) is 14.4 Å². The molecule has 1 saturated heterocycles. The maximum atomic E-state index is 13.7. The minimum Gasteiger partial charge on any atom is -0.337 e. The number of pyridine rings is 1. The summed E-state index contributed by atoms with van der Waals surface area (Å²) in [5, 5.41) is 3.68. The van der Waals surface area contributed by atoms with Gasteiger partial charge in [0, 0.05) is 41.6 Å². The lowest BCUT2D eigenvalue weighted by Crippen LogP contribution is -2.44. The van der Waals surface area contributed by atoms with Crippen LogP contribution >= 0.6 is 15.9 Å². The lowest BCUT2D eigenvalue weighted by molar-refractivity contribution is -0.137. The fourth-order valence-corrected chi connectivity index (χ4v) is 5.72. The molecule has 206 valence electrons. The van der Waals surface area contributed by atoms with Crippen LogP contribution in [-0.2, 0) is 16.1 Å². The highest BCUT2D eigenvalue weighted by Crippen LogP contribution is 2.32. The number of nitrogens with one attached hydrogen (secondary N) is 1. The Hall–Kier alpha value is -3.92. The number of aryl methyl sites for hydroxylation is 3. The third kappa shape index (κ3) is 5.40. The summed E-state index contributed by atoms with van der Waals surface area (Å²) in [5.74, 6) is 0.810. The summed E-state index contributed by atoms with van der Waals surface area (Å²) in [7, 11) is 0. The smallest absolute Gasteiger partial charge is 0.248 e. The van der Waals surface area contributed by atoms with Crippen molar-refractivity contribution in [3.8, 4) is 11.1 Å². The van der Waals surface area contributed by atoms with Crippen molar-refractivity contribution in [2.45, 2.75) is 53.6 Å². The number of Topliss-reactive ketones (excluding diaryl/α,β-unsaturated/α-hetero) is 1. The standard InChI is InChI=1S/C30H31BrN6O3/c1-16-8-25(30(40)35-29-17(2)6-7-26(31)34-29)37(13-16)27(39)15-36-14-24(19(4)38)23-10-21(9-18(3)28(23)36)22-11-32-20(5)33-12-22/h6-7,9-12,14,16,25H,8,13,15H2,1-5H3,(H,34,35,40)/t16-,25-/m0/s1. The topological polar surface area (TPSA) is 110 Å². The van der Waals surface area contributed by atoms with E-state index in [-0.39, 0.29) is 30.1 Å². The molecule has 2 atom stereocenters. The molecule has 3 aromatic heterocycles. The zero-order valence-electron chi connectivity index (χ0n) is 23.2. The van der Waals surface area contributed by atoms with E-state index in [0.29, 0.717) is 34.8 Å². The van der Waals surface area contributed by atoms with Crippen molar-refractivity contribution in [2.24, 2.45) is 5.92 Å². The Kier molecular flexibility index (Phi) is 7.55. The molecule has 1 fully saturated rings. The predicted molar refractivity (Wildman–Crippen MR) is 157 cm³/mol. The number of benzene rings is 1. The molecule has 0 saturated carbocycles. The first kappa shape index (κ1) is 27.6. The van der Waals surface area contributed by atoms with Crippen molar-refractivity contribution in [2.75, 3.05) is 11.9 Å². The zero-order valence-corrected chi connectivity index (χ0v) is 24.7. The molecule has 1 aliphatic heterocycles. The van der Waals surface area contributed by atoms with Crippen molar-refractivity contribution in [1.29, 1.82) is 0 Å². The summed E-state index contributed by atoms with van der Waals surface area (Å²) in [6.45, 7) is 9.73. The maximum absolute atomic E-state index is 13.7. The molecule has 0 bridgehead atoms. The summed E-state index contributed by atoms with van der Waals surface area (Å²) in [4.78, 5) is 54.3. The van der Waals surface area contributed by atoms with Gasteiger partial charge >= 0.3 is 0 Å². The number of likely N-dealkylation sites (tertiary alicyclic amines) is 1. The first-order valence-electron chi connectivity index (χ1n) is 13.2. The molecular weight excluding hydrogens is 572 g/mol. The van der Waals surface area contributed by atoms with Crippen molar-refractivity contribution in [3.63, 3.8) is 0 Å². The third-order valence-corrected chi connectivity index (χ3v) is 7.84. The first-order chi connectivity index (χ1) is 19.0. The maximum Gasteiger partial charge on any atom is 0.248 e. The molecule has 0 aliphatic carbocycles.